The molecule has 2 heterocycles. The first-order valence-corrected chi connectivity index (χ1v) is 6.40. The van der Waals surface area contributed by atoms with Crippen molar-refractivity contribution in [3.63, 3.8) is 0 Å². The molecule has 0 bridgehead atoms. The molecule has 18 heavy (non-hydrogen) atoms. The number of nitrogens with zero attached hydrogens (tertiary/aromatic N) is 3. The zero-order valence-corrected chi connectivity index (χ0v) is 11.8. The van der Waals surface area contributed by atoms with Gasteiger partial charge in [-0.1, -0.05) is 13.8 Å². The van der Waals surface area contributed by atoms with Gasteiger partial charge in [0.05, 0.1) is 5.69 Å². The fourth-order valence-corrected chi connectivity index (χ4v) is 1.59. The molecule has 4 heteroatoms. The molecule has 2 aromatic rings. The second-order valence-electron chi connectivity index (χ2n) is 4.04. The number of pyridine rings is 1. The molecule has 0 saturated carbocycles. The van der Waals surface area contributed by atoms with E-state index in [1.165, 1.54) is 0 Å². The third-order valence-electron chi connectivity index (χ3n) is 2.28. The van der Waals surface area contributed by atoms with E-state index in [2.05, 4.69) is 29.1 Å². The van der Waals surface area contributed by atoms with Gasteiger partial charge < -0.3 is 9.88 Å². The lowest BCUT2D eigenvalue weighted by Gasteiger charge is -2.11. The van der Waals surface area contributed by atoms with Crippen molar-refractivity contribution in [3.05, 3.63) is 36.5 Å². The van der Waals surface area contributed by atoms with E-state index in [9.17, 15) is 0 Å². The van der Waals surface area contributed by atoms with Crippen LogP contribution in [0, 0.1) is 6.92 Å². The Morgan fingerprint density at radius 1 is 1.17 bits per heavy atom. The van der Waals surface area contributed by atoms with Crippen molar-refractivity contribution >= 4 is 5.82 Å². The molecular weight excluding hydrogens is 224 g/mol. The van der Waals surface area contributed by atoms with Crippen molar-refractivity contribution in [1.82, 2.24) is 14.5 Å². The van der Waals surface area contributed by atoms with Gasteiger partial charge in [-0.05, 0) is 26.8 Å². The summed E-state index contributed by atoms with van der Waals surface area (Å²) in [6, 6.07) is 4.38. The Balaban J connectivity index is 0.000000771. The van der Waals surface area contributed by atoms with Crippen molar-refractivity contribution in [2.45, 2.75) is 40.7 Å². The first-order chi connectivity index (χ1) is 8.66. The summed E-state index contributed by atoms with van der Waals surface area (Å²) in [6.07, 6.45) is 5.55. The summed E-state index contributed by atoms with van der Waals surface area (Å²) in [5.74, 6) is 1.86. The van der Waals surface area contributed by atoms with Crippen LogP contribution in [0.3, 0.4) is 0 Å². The molecule has 0 amide bonds. The standard InChI is InChI=1S/C12H16N4.C2H6/c1-9(2)15-12-8-11(4-5-14-12)16-7-6-13-10(16)3;1-2/h4-9H,1-3H3,(H,14,15);1-2H3. The van der Waals surface area contributed by atoms with Gasteiger partial charge in [0, 0.05) is 30.7 Å². The highest BCUT2D eigenvalue weighted by atomic mass is 15.1. The highest BCUT2D eigenvalue weighted by Crippen LogP contribution is 2.13. The van der Waals surface area contributed by atoms with Crippen molar-refractivity contribution in [2.24, 2.45) is 0 Å². The molecular formula is C14H22N4. The summed E-state index contributed by atoms with van der Waals surface area (Å²) < 4.78 is 2.03. The minimum absolute atomic E-state index is 0.381. The maximum Gasteiger partial charge on any atom is 0.128 e. The minimum atomic E-state index is 0.381. The molecule has 0 aliphatic carbocycles. The normalized spacial score (nSPS) is 9.89. The Labute approximate surface area is 109 Å². The lowest BCUT2D eigenvalue weighted by Crippen LogP contribution is -2.11. The monoisotopic (exact) mass is 246 g/mol. The van der Waals surface area contributed by atoms with Gasteiger partial charge in [0.25, 0.3) is 0 Å². The van der Waals surface area contributed by atoms with Gasteiger partial charge in [-0.15, -0.1) is 0 Å². The quantitative estimate of drug-likeness (QED) is 0.902. The molecule has 0 aliphatic heterocycles. The smallest absolute Gasteiger partial charge is 0.128 e. The number of hydrogen-bond acceptors (Lipinski definition) is 3. The Morgan fingerprint density at radius 2 is 1.89 bits per heavy atom. The summed E-state index contributed by atoms with van der Waals surface area (Å²) in [5, 5.41) is 3.28. The van der Waals surface area contributed by atoms with Gasteiger partial charge in [-0.2, -0.15) is 0 Å². The maximum absolute atomic E-state index is 4.27. The zero-order valence-electron chi connectivity index (χ0n) is 11.8. The predicted octanol–water partition coefficient (Wildman–Crippen LogP) is 3.42. The van der Waals surface area contributed by atoms with Crippen LogP contribution in [-0.2, 0) is 0 Å². The SMILES string of the molecule is CC.Cc1nccn1-c1ccnc(NC(C)C)c1. The number of aryl methyl sites for hydroxylation is 1. The maximum atomic E-state index is 4.27. The van der Waals surface area contributed by atoms with Gasteiger partial charge in [0.2, 0.25) is 0 Å². The summed E-state index contributed by atoms with van der Waals surface area (Å²) >= 11 is 0. The molecule has 0 unspecified atom stereocenters. The van der Waals surface area contributed by atoms with Crippen LogP contribution in [-0.4, -0.2) is 20.6 Å². The molecule has 2 rings (SSSR count). The Morgan fingerprint density at radius 3 is 2.44 bits per heavy atom. The van der Waals surface area contributed by atoms with E-state index in [0.29, 0.717) is 6.04 Å². The summed E-state index contributed by atoms with van der Waals surface area (Å²) in [6.45, 7) is 10.2. The molecule has 0 saturated heterocycles. The number of nitrogens with one attached hydrogen (secondary N) is 1. The third kappa shape index (κ3) is 3.58. The van der Waals surface area contributed by atoms with E-state index in [0.717, 1.165) is 17.3 Å². The lowest BCUT2D eigenvalue weighted by atomic mass is 10.3. The molecule has 0 radical (unpaired) electrons. The van der Waals surface area contributed by atoms with Crippen LogP contribution in [0.25, 0.3) is 5.69 Å². The molecule has 0 aromatic carbocycles. The summed E-state index contributed by atoms with van der Waals surface area (Å²) in [7, 11) is 0. The first kappa shape index (κ1) is 14.2. The van der Waals surface area contributed by atoms with Crippen molar-refractivity contribution < 1.29 is 0 Å². The molecule has 0 atom stereocenters. The number of aromatic nitrogens is 3. The van der Waals surface area contributed by atoms with Crippen molar-refractivity contribution in [2.75, 3.05) is 5.32 Å². The fourth-order valence-electron chi connectivity index (χ4n) is 1.59. The second-order valence-corrected chi connectivity index (χ2v) is 4.04. The van der Waals surface area contributed by atoms with Crippen LogP contribution < -0.4 is 5.32 Å². The first-order valence-electron chi connectivity index (χ1n) is 6.40. The highest BCUT2D eigenvalue weighted by Gasteiger charge is 2.02. The van der Waals surface area contributed by atoms with Crippen LogP contribution in [0.15, 0.2) is 30.7 Å². The Bertz CT molecular complexity index is 474. The molecule has 2 aromatic heterocycles. The zero-order chi connectivity index (χ0) is 13.5. The van der Waals surface area contributed by atoms with Crippen molar-refractivity contribution in [3.8, 4) is 5.69 Å². The molecule has 0 spiro atoms. The number of hydrogen-bond donors (Lipinski definition) is 1. The summed E-state index contributed by atoms with van der Waals surface area (Å²) in [4.78, 5) is 8.48. The van der Waals surface area contributed by atoms with Crippen LogP contribution in [0.2, 0.25) is 0 Å². The van der Waals surface area contributed by atoms with Crippen LogP contribution in [0.4, 0.5) is 5.82 Å². The highest BCUT2D eigenvalue weighted by molar-refractivity contribution is 5.45. The predicted molar refractivity (Wildman–Crippen MR) is 76.2 cm³/mol. The topological polar surface area (TPSA) is 42.7 Å². The van der Waals surface area contributed by atoms with Crippen LogP contribution in [0.1, 0.15) is 33.5 Å². The van der Waals surface area contributed by atoms with Crippen molar-refractivity contribution in [1.29, 1.82) is 0 Å². The number of imidazole rings is 1. The Hall–Kier alpha value is -1.84. The molecule has 0 fully saturated rings. The van der Waals surface area contributed by atoms with Gasteiger partial charge in [-0.3, -0.25) is 0 Å². The average molecular weight is 246 g/mol. The lowest BCUT2D eigenvalue weighted by molar-refractivity contribution is 0.886. The van der Waals surface area contributed by atoms with Gasteiger partial charge in [0.1, 0.15) is 11.6 Å². The van der Waals surface area contributed by atoms with E-state index in [1.54, 1.807) is 12.4 Å². The van der Waals surface area contributed by atoms with Crippen LogP contribution >= 0.6 is 0 Å². The van der Waals surface area contributed by atoms with Gasteiger partial charge in [0.15, 0.2) is 0 Å². The molecule has 1 N–H and O–H groups in total. The fraction of sp³-hybridized carbons (Fsp3) is 0.429. The second kappa shape index (κ2) is 6.79. The number of anilines is 1. The largest absolute Gasteiger partial charge is 0.368 e. The molecule has 4 nitrogen and oxygen atoms in total. The molecule has 98 valence electrons. The number of rotatable bonds is 3. The van der Waals surface area contributed by atoms with E-state index in [-0.39, 0.29) is 0 Å². The molecule has 0 aliphatic rings. The Kier molecular flexibility index (Phi) is 5.36. The van der Waals surface area contributed by atoms with Gasteiger partial charge in [-0.25, -0.2) is 9.97 Å². The van der Waals surface area contributed by atoms with E-state index in [4.69, 9.17) is 0 Å². The third-order valence-corrected chi connectivity index (χ3v) is 2.28. The van der Waals surface area contributed by atoms with E-state index >= 15 is 0 Å². The van der Waals surface area contributed by atoms with E-state index in [1.807, 2.05) is 43.7 Å². The minimum Gasteiger partial charge on any atom is -0.368 e. The average Bonchev–Trinajstić information content (AvgIpc) is 2.77. The van der Waals surface area contributed by atoms with Gasteiger partial charge >= 0.3 is 0 Å². The van der Waals surface area contributed by atoms with Crippen LogP contribution in [0.5, 0.6) is 0 Å². The summed E-state index contributed by atoms with van der Waals surface area (Å²) in [5.41, 5.74) is 1.08. The van der Waals surface area contributed by atoms with E-state index < -0.39 is 0 Å².